The molecule has 41 heavy (non-hydrogen) atoms. The zero-order chi connectivity index (χ0) is 30.1. The van der Waals surface area contributed by atoms with Crippen molar-refractivity contribution in [3.63, 3.8) is 0 Å². The minimum atomic E-state index is -5.57. The highest BCUT2D eigenvalue weighted by Gasteiger charge is 2.50. The third-order valence-corrected chi connectivity index (χ3v) is 9.31. The predicted octanol–water partition coefficient (Wildman–Crippen LogP) is 3.71. The normalized spacial score (nSPS) is 19.9. The molecule has 0 spiro atoms. The Hall–Kier alpha value is -3.23. The molecular formula is C27H35F3N6O4S. The minimum Gasteiger partial charge on any atom is -0.367 e. The summed E-state index contributed by atoms with van der Waals surface area (Å²) in [5.41, 5.74) is -3.80. The first-order chi connectivity index (χ1) is 19.4. The molecule has 0 aliphatic carbocycles. The molecule has 1 aromatic heterocycles. The van der Waals surface area contributed by atoms with E-state index < -0.39 is 44.4 Å². The van der Waals surface area contributed by atoms with Gasteiger partial charge in [0.25, 0.3) is 15.7 Å². The number of amides is 3. The van der Waals surface area contributed by atoms with E-state index in [1.54, 1.807) is 19.3 Å². The Kier molecular flexibility index (Phi) is 8.95. The van der Waals surface area contributed by atoms with Crippen molar-refractivity contribution in [1.29, 1.82) is 0 Å². The molecular weight excluding hydrogens is 561 g/mol. The van der Waals surface area contributed by atoms with E-state index in [-0.39, 0.29) is 5.69 Å². The molecule has 2 aliphatic heterocycles. The molecule has 2 aliphatic rings. The van der Waals surface area contributed by atoms with Crippen LogP contribution in [0.3, 0.4) is 0 Å². The summed E-state index contributed by atoms with van der Waals surface area (Å²) in [4.78, 5) is 39.8. The predicted molar refractivity (Wildman–Crippen MR) is 148 cm³/mol. The van der Waals surface area contributed by atoms with Crippen molar-refractivity contribution in [2.24, 2.45) is 0 Å². The van der Waals surface area contributed by atoms with Gasteiger partial charge in [-0.1, -0.05) is 20.8 Å². The molecule has 2 aromatic rings. The van der Waals surface area contributed by atoms with Gasteiger partial charge in [0.2, 0.25) is 0 Å². The SMILES string of the molecule is CCN1CCN(c2cnccc2C(N(CC)CC)N2C(=O)N(c3ccc(S(=O)(=O)C(F)(F)F)cc3)C(=O)C2C)CC1. The molecule has 4 rings (SSSR count). The van der Waals surface area contributed by atoms with Crippen LogP contribution < -0.4 is 9.80 Å². The van der Waals surface area contributed by atoms with Crippen molar-refractivity contribution in [1.82, 2.24) is 19.7 Å². The number of sulfone groups is 1. The number of carbonyl (C=O) groups is 2. The number of piperazine rings is 1. The summed E-state index contributed by atoms with van der Waals surface area (Å²) in [6, 6.07) is 3.91. The van der Waals surface area contributed by atoms with Crippen LogP contribution in [0.1, 0.15) is 39.4 Å². The van der Waals surface area contributed by atoms with Gasteiger partial charge in [-0.05, 0) is 56.9 Å². The average Bonchev–Trinajstić information content (AvgIpc) is 3.18. The summed E-state index contributed by atoms with van der Waals surface area (Å²) in [6.07, 6.45) is 2.80. The van der Waals surface area contributed by atoms with E-state index in [2.05, 4.69) is 26.6 Å². The Labute approximate surface area is 238 Å². The van der Waals surface area contributed by atoms with E-state index in [1.165, 1.54) is 4.90 Å². The Bertz CT molecular complexity index is 1360. The molecule has 2 atom stereocenters. The monoisotopic (exact) mass is 596 g/mol. The zero-order valence-electron chi connectivity index (χ0n) is 23.5. The third-order valence-electron chi connectivity index (χ3n) is 7.81. The fourth-order valence-corrected chi connectivity index (χ4v) is 6.18. The van der Waals surface area contributed by atoms with Crippen molar-refractivity contribution < 1.29 is 31.2 Å². The van der Waals surface area contributed by atoms with Gasteiger partial charge in [0.15, 0.2) is 0 Å². The number of aromatic nitrogens is 1. The number of anilines is 2. The summed E-state index contributed by atoms with van der Waals surface area (Å²) in [5, 5.41) is 0. The lowest BCUT2D eigenvalue weighted by Crippen LogP contribution is -2.49. The summed E-state index contributed by atoms with van der Waals surface area (Å²) in [7, 11) is -5.57. The maximum absolute atomic E-state index is 14.0. The van der Waals surface area contributed by atoms with E-state index >= 15 is 0 Å². The van der Waals surface area contributed by atoms with Crippen LogP contribution in [0.2, 0.25) is 0 Å². The Morgan fingerprint density at radius 1 is 1.00 bits per heavy atom. The van der Waals surface area contributed by atoms with Crippen LogP contribution in [0.4, 0.5) is 29.3 Å². The maximum atomic E-state index is 14.0. The van der Waals surface area contributed by atoms with Gasteiger partial charge >= 0.3 is 11.5 Å². The van der Waals surface area contributed by atoms with Gasteiger partial charge in [0, 0.05) is 37.9 Å². The highest BCUT2D eigenvalue weighted by molar-refractivity contribution is 7.92. The fourth-order valence-electron chi connectivity index (χ4n) is 5.42. The lowest BCUT2D eigenvalue weighted by molar-refractivity contribution is -0.120. The summed E-state index contributed by atoms with van der Waals surface area (Å²) in [6.45, 7) is 13.1. The van der Waals surface area contributed by atoms with E-state index in [4.69, 9.17) is 0 Å². The first-order valence-electron chi connectivity index (χ1n) is 13.6. The zero-order valence-corrected chi connectivity index (χ0v) is 24.3. The number of benzene rings is 1. The molecule has 3 amide bonds. The van der Waals surface area contributed by atoms with E-state index in [9.17, 15) is 31.2 Å². The van der Waals surface area contributed by atoms with Crippen LogP contribution in [0, 0.1) is 0 Å². The van der Waals surface area contributed by atoms with Gasteiger partial charge in [0.05, 0.1) is 22.5 Å². The number of urea groups is 1. The standard InChI is InChI=1S/C27H35F3N6O4S/c1-5-32-14-16-34(17-15-32)23-18-31-13-12-22(23)24(33(6-2)7-3)35-19(4)25(37)36(26(35)38)20-8-10-21(11-9-20)41(39,40)27(28,29)30/h8-13,18-19,24H,5-7,14-17H2,1-4H3. The highest BCUT2D eigenvalue weighted by Crippen LogP contribution is 2.39. The van der Waals surface area contributed by atoms with Gasteiger partial charge < -0.3 is 9.80 Å². The number of halogens is 3. The molecule has 3 heterocycles. The van der Waals surface area contributed by atoms with E-state index in [0.29, 0.717) is 13.1 Å². The Morgan fingerprint density at radius 3 is 2.15 bits per heavy atom. The summed E-state index contributed by atoms with van der Waals surface area (Å²) < 4.78 is 62.7. The second-order valence-corrected chi connectivity index (χ2v) is 11.9. The minimum absolute atomic E-state index is 0.0144. The van der Waals surface area contributed by atoms with Gasteiger partial charge in [-0.15, -0.1) is 0 Å². The Balaban J connectivity index is 1.72. The molecule has 0 saturated carbocycles. The number of nitrogens with zero attached hydrogens (tertiary/aromatic N) is 6. The van der Waals surface area contributed by atoms with Crippen molar-refractivity contribution in [3.8, 4) is 0 Å². The quantitative estimate of drug-likeness (QED) is 0.405. The largest absolute Gasteiger partial charge is 0.501 e. The number of alkyl halides is 3. The second kappa shape index (κ2) is 11.9. The van der Waals surface area contributed by atoms with E-state index in [1.807, 2.05) is 19.9 Å². The molecule has 224 valence electrons. The number of likely N-dealkylation sites (N-methyl/N-ethyl adjacent to an activating group) is 1. The molecule has 14 heteroatoms. The summed E-state index contributed by atoms with van der Waals surface area (Å²) >= 11 is 0. The smallest absolute Gasteiger partial charge is 0.367 e. The second-order valence-electron chi connectivity index (χ2n) is 9.93. The van der Waals surface area contributed by atoms with Crippen molar-refractivity contribution in [2.45, 2.75) is 50.3 Å². The van der Waals surface area contributed by atoms with Crippen molar-refractivity contribution in [2.75, 3.05) is 55.6 Å². The fraction of sp³-hybridized carbons (Fsp3) is 0.519. The average molecular weight is 597 g/mol. The molecule has 2 unspecified atom stereocenters. The van der Waals surface area contributed by atoms with Gasteiger partial charge in [-0.25, -0.2) is 18.1 Å². The highest BCUT2D eigenvalue weighted by atomic mass is 32.2. The number of imide groups is 1. The van der Waals surface area contributed by atoms with E-state index in [0.717, 1.165) is 73.1 Å². The maximum Gasteiger partial charge on any atom is 0.501 e. The number of hydrogen-bond acceptors (Lipinski definition) is 8. The lowest BCUT2D eigenvalue weighted by atomic mass is 10.1. The van der Waals surface area contributed by atoms with Crippen molar-refractivity contribution >= 4 is 33.2 Å². The first kappa shape index (κ1) is 30.7. The number of hydrogen-bond donors (Lipinski definition) is 0. The Morgan fingerprint density at radius 2 is 1.61 bits per heavy atom. The molecule has 0 N–H and O–H groups in total. The van der Waals surface area contributed by atoms with Gasteiger partial charge in [-0.3, -0.25) is 19.6 Å². The molecule has 2 saturated heterocycles. The van der Waals surface area contributed by atoms with Crippen LogP contribution in [-0.2, 0) is 14.6 Å². The van der Waals surface area contributed by atoms with Crippen LogP contribution in [-0.4, -0.2) is 97.4 Å². The lowest BCUT2D eigenvalue weighted by Gasteiger charge is -2.41. The molecule has 2 fully saturated rings. The molecule has 10 nitrogen and oxygen atoms in total. The first-order valence-corrected chi connectivity index (χ1v) is 15.1. The van der Waals surface area contributed by atoms with Crippen LogP contribution in [0.25, 0.3) is 0 Å². The van der Waals surface area contributed by atoms with Crippen LogP contribution in [0.5, 0.6) is 0 Å². The molecule has 0 bridgehead atoms. The molecule has 0 radical (unpaired) electrons. The van der Waals surface area contributed by atoms with Crippen LogP contribution >= 0.6 is 0 Å². The number of pyridine rings is 1. The van der Waals surface area contributed by atoms with Crippen LogP contribution in [0.15, 0.2) is 47.6 Å². The third kappa shape index (κ3) is 5.64. The number of rotatable bonds is 9. The molecule has 1 aromatic carbocycles. The topological polar surface area (TPSA) is 97.4 Å². The van der Waals surface area contributed by atoms with Gasteiger partial charge in [0.1, 0.15) is 12.2 Å². The van der Waals surface area contributed by atoms with Gasteiger partial charge in [-0.2, -0.15) is 13.2 Å². The van der Waals surface area contributed by atoms with Crippen molar-refractivity contribution in [3.05, 3.63) is 48.3 Å². The summed E-state index contributed by atoms with van der Waals surface area (Å²) in [5.74, 6) is -0.564. The number of carbonyl (C=O) groups excluding carboxylic acids is 2.